The van der Waals surface area contributed by atoms with E-state index in [1.54, 1.807) is 35.9 Å². The molecule has 3 aliphatic rings. The predicted octanol–water partition coefficient (Wildman–Crippen LogP) is 0.847. The summed E-state index contributed by atoms with van der Waals surface area (Å²) >= 11 is 0. The van der Waals surface area contributed by atoms with E-state index in [9.17, 15) is 14.4 Å². The molecule has 2 atom stereocenters. The summed E-state index contributed by atoms with van der Waals surface area (Å²) < 4.78 is 1.45. The van der Waals surface area contributed by atoms with Crippen LogP contribution in [0.25, 0.3) is 5.69 Å². The summed E-state index contributed by atoms with van der Waals surface area (Å²) in [5.41, 5.74) is 12.5. The van der Waals surface area contributed by atoms with Crippen LogP contribution < -0.4 is 22.5 Å². The van der Waals surface area contributed by atoms with Gasteiger partial charge in [-0.15, -0.1) is 12.4 Å². The highest BCUT2D eigenvalue weighted by Gasteiger charge is 2.53. The molecule has 2 aromatic rings. The van der Waals surface area contributed by atoms with E-state index >= 15 is 0 Å². The highest BCUT2D eigenvalue weighted by molar-refractivity contribution is 5.88. The number of fused-ring (bicyclic) bond motifs is 1. The normalized spacial score (nSPS) is 23.3. The lowest BCUT2D eigenvalue weighted by Crippen LogP contribution is -2.52. The van der Waals surface area contributed by atoms with Gasteiger partial charge in [-0.25, -0.2) is 9.59 Å². The van der Waals surface area contributed by atoms with Crippen molar-refractivity contribution < 1.29 is 9.59 Å². The molecule has 1 aromatic heterocycles. The van der Waals surface area contributed by atoms with Crippen LogP contribution in [0.4, 0.5) is 10.6 Å². The SMILES string of the molecule is CC(C)(N)C(=O)N1CCCN(C(=O)Nc2ccn(-c3ccc(CN4CC5C(N)C5C4)cc3)c(=O)n2)CC1.Cl. The third-order valence-corrected chi connectivity index (χ3v) is 7.62. The Kier molecular flexibility index (Phi) is 8.12. The lowest BCUT2D eigenvalue weighted by molar-refractivity contribution is -0.135. The van der Waals surface area contributed by atoms with E-state index in [1.165, 1.54) is 10.1 Å². The van der Waals surface area contributed by atoms with Gasteiger partial charge in [0.15, 0.2) is 0 Å². The molecule has 2 unspecified atom stereocenters. The number of anilines is 1. The number of carbonyl (C=O) groups excluding carboxylic acids is 2. The van der Waals surface area contributed by atoms with Crippen molar-refractivity contribution in [2.24, 2.45) is 23.3 Å². The van der Waals surface area contributed by atoms with Gasteiger partial charge >= 0.3 is 11.7 Å². The predicted molar refractivity (Wildman–Crippen MR) is 147 cm³/mol. The van der Waals surface area contributed by atoms with Crippen molar-refractivity contribution in [1.82, 2.24) is 24.3 Å². The number of benzene rings is 1. The molecule has 2 saturated heterocycles. The number of urea groups is 1. The van der Waals surface area contributed by atoms with Gasteiger partial charge in [0.25, 0.3) is 0 Å². The number of hydrogen-bond donors (Lipinski definition) is 3. The second kappa shape index (κ2) is 11.0. The van der Waals surface area contributed by atoms with Gasteiger partial charge in [0.1, 0.15) is 5.82 Å². The third kappa shape index (κ3) is 6.01. The van der Waals surface area contributed by atoms with E-state index in [0.29, 0.717) is 56.2 Å². The van der Waals surface area contributed by atoms with Crippen molar-refractivity contribution in [2.45, 2.75) is 38.4 Å². The monoisotopic (exact) mass is 544 g/mol. The Labute approximate surface area is 228 Å². The quantitative estimate of drug-likeness (QED) is 0.506. The zero-order valence-corrected chi connectivity index (χ0v) is 22.7. The Balaban J connectivity index is 0.00000336. The average molecular weight is 545 g/mol. The van der Waals surface area contributed by atoms with Gasteiger partial charge in [-0.2, -0.15) is 4.98 Å². The average Bonchev–Trinajstić information content (AvgIpc) is 3.35. The molecule has 3 heterocycles. The van der Waals surface area contributed by atoms with Crippen LogP contribution in [0.5, 0.6) is 0 Å². The van der Waals surface area contributed by atoms with Crippen molar-refractivity contribution >= 4 is 30.2 Å². The third-order valence-electron chi connectivity index (χ3n) is 7.62. The van der Waals surface area contributed by atoms with Crippen LogP contribution in [0, 0.1) is 11.8 Å². The number of carbonyl (C=O) groups is 2. The first-order valence-corrected chi connectivity index (χ1v) is 12.9. The van der Waals surface area contributed by atoms with Gasteiger partial charge in [0.05, 0.1) is 11.2 Å². The largest absolute Gasteiger partial charge is 0.354 e. The zero-order chi connectivity index (χ0) is 26.3. The number of halogens is 1. The first-order valence-electron chi connectivity index (χ1n) is 12.9. The lowest BCUT2D eigenvalue weighted by atomic mass is 10.1. The van der Waals surface area contributed by atoms with Crippen LogP contribution in [0.3, 0.4) is 0 Å². The fraction of sp³-hybridized carbons (Fsp3) is 0.538. The Morgan fingerprint density at radius 2 is 1.66 bits per heavy atom. The molecule has 3 amide bonds. The first kappa shape index (κ1) is 28.0. The standard InChI is InChI=1S/C26H36N8O3.ClH/c1-26(2,28)23(35)32-9-3-10-33(13-12-32)24(36)29-21-8-11-34(25(37)30-21)18-6-4-17(5-7-18)14-31-15-19-20(16-31)22(19)27;/h4-8,11,19-20,22H,3,9-10,12-16,27-28H2,1-2H3,(H,29,30,36,37);1H. The number of hydrogen-bond acceptors (Lipinski definition) is 7. The van der Waals surface area contributed by atoms with Gasteiger partial charge in [0.2, 0.25) is 5.91 Å². The second-order valence-corrected chi connectivity index (χ2v) is 11.0. The molecule has 0 bridgehead atoms. The van der Waals surface area contributed by atoms with Gasteiger partial charge in [-0.1, -0.05) is 12.1 Å². The molecular formula is C26H37ClN8O3. The summed E-state index contributed by atoms with van der Waals surface area (Å²) in [4.78, 5) is 47.8. The maximum Gasteiger partial charge on any atom is 0.354 e. The lowest BCUT2D eigenvalue weighted by Gasteiger charge is -2.28. The first-order chi connectivity index (χ1) is 17.6. The number of piperidine rings is 1. The zero-order valence-electron chi connectivity index (χ0n) is 21.9. The Bertz CT molecular complexity index is 1220. The number of nitrogens with two attached hydrogens (primary N) is 2. The van der Waals surface area contributed by atoms with Crippen LogP contribution in [0.1, 0.15) is 25.8 Å². The van der Waals surface area contributed by atoms with Crippen LogP contribution in [-0.2, 0) is 11.3 Å². The van der Waals surface area contributed by atoms with E-state index in [2.05, 4.69) is 15.2 Å². The number of aromatic nitrogens is 2. The summed E-state index contributed by atoms with van der Waals surface area (Å²) in [6.45, 7) is 8.18. The van der Waals surface area contributed by atoms with Gasteiger partial charge in [0, 0.05) is 58.1 Å². The highest BCUT2D eigenvalue weighted by Crippen LogP contribution is 2.44. The summed E-state index contributed by atoms with van der Waals surface area (Å²) in [5.74, 6) is 1.37. The van der Waals surface area contributed by atoms with Crippen molar-refractivity contribution in [3.63, 3.8) is 0 Å². The number of rotatable bonds is 5. The molecule has 38 heavy (non-hydrogen) atoms. The van der Waals surface area contributed by atoms with Gasteiger partial charge < -0.3 is 21.3 Å². The summed E-state index contributed by atoms with van der Waals surface area (Å²) in [6.07, 6.45) is 2.26. The molecular weight excluding hydrogens is 508 g/mol. The smallest absolute Gasteiger partial charge is 0.339 e. The molecule has 0 radical (unpaired) electrons. The second-order valence-electron chi connectivity index (χ2n) is 11.0. The van der Waals surface area contributed by atoms with E-state index in [1.807, 2.05) is 24.3 Å². The Morgan fingerprint density at radius 1 is 1.03 bits per heavy atom. The number of nitrogens with one attached hydrogen (secondary N) is 1. The van der Waals surface area contributed by atoms with E-state index < -0.39 is 11.2 Å². The van der Waals surface area contributed by atoms with Crippen molar-refractivity contribution in [3.05, 3.63) is 52.6 Å². The molecule has 11 nitrogen and oxygen atoms in total. The molecule has 206 valence electrons. The summed E-state index contributed by atoms with van der Waals surface area (Å²) in [6, 6.07) is 9.52. The fourth-order valence-electron chi connectivity index (χ4n) is 5.40. The Morgan fingerprint density at radius 3 is 2.29 bits per heavy atom. The van der Waals surface area contributed by atoms with E-state index in [-0.39, 0.29) is 30.2 Å². The minimum atomic E-state index is -0.950. The number of amides is 3. The van der Waals surface area contributed by atoms with Crippen molar-refractivity contribution in [3.8, 4) is 5.69 Å². The van der Waals surface area contributed by atoms with Crippen LogP contribution in [0.2, 0.25) is 0 Å². The van der Waals surface area contributed by atoms with Gasteiger partial charge in [-0.3, -0.25) is 19.6 Å². The van der Waals surface area contributed by atoms with E-state index in [4.69, 9.17) is 11.5 Å². The molecule has 5 rings (SSSR count). The highest BCUT2D eigenvalue weighted by atomic mass is 35.5. The maximum atomic E-state index is 12.8. The van der Waals surface area contributed by atoms with Gasteiger partial charge in [-0.05, 0) is 55.9 Å². The number of nitrogens with zero attached hydrogens (tertiary/aromatic N) is 5. The molecule has 3 fully saturated rings. The molecule has 1 aliphatic carbocycles. The van der Waals surface area contributed by atoms with E-state index in [0.717, 1.165) is 19.6 Å². The molecule has 12 heteroatoms. The summed E-state index contributed by atoms with van der Waals surface area (Å²) in [5, 5.41) is 2.71. The molecule has 0 spiro atoms. The minimum absolute atomic E-state index is 0. The van der Waals surface area contributed by atoms with Crippen LogP contribution in [0.15, 0.2) is 41.3 Å². The summed E-state index contributed by atoms with van der Waals surface area (Å²) in [7, 11) is 0. The molecule has 1 saturated carbocycles. The van der Waals surface area contributed by atoms with Crippen molar-refractivity contribution in [2.75, 3.05) is 44.6 Å². The van der Waals surface area contributed by atoms with Crippen LogP contribution in [-0.4, -0.2) is 87.0 Å². The Hall–Kier alpha value is -2.99. The molecule has 5 N–H and O–H groups in total. The fourth-order valence-corrected chi connectivity index (χ4v) is 5.40. The topological polar surface area (TPSA) is 143 Å². The van der Waals surface area contributed by atoms with Crippen LogP contribution >= 0.6 is 12.4 Å². The molecule has 2 aliphatic heterocycles. The maximum absolute atomic E-state index is 12.8. The minimum Gasteiger partial charge on any atom is -0.339 e. The number of likely N-dealkylation sites (tertiary alicyclic amines) is 1. The van der Waals surface area contributed by atoms with Crippen molar-refractivity contribution in [1.29, 1.82) is 0 Å². The molecule has 1 aromatic carbocycles.